The van der Waals surface area contributed by atoms with E-state index < -0.39 is 16.3 Å². The van der Waals surface area contributed by atoms with Crippen molar-refractivity contribution in [1.82, 2.24) is 0 Å². The van der Waals surface area contributed by atoms with Crippen molar-refractivity contribution in [2.45, 2.75) is 104 Å². The van der Waals surface area contributed by atoms with E-state index in [1.807, 2.05) is 0 Å². The highest BCUT2D eigenvalue weighted by Crippen LogP contribution is 2.62. The van der Waals surface area contributed by atoms with Crippen molar-refractivity contribution in [2.24, 2.45) is 0 Å². The standard InChI is InChI=1S/C28H53N2O2P2/c1-25(2,3)33(26(4,5)6)31-23-19-22(29-15-17-30(13,14)18-16-29)20-24(21-23)32-34(27(7,8)9)28(10,11)12/h19-21H,15-18H2,1-14H3/q+1. The second-order valence-corrected chi connectivity index (χ2v) is 21.4. The molecule has 0 bridgehead atoms. The number of quaternary nitrogens is 1. The summed E-state index contributed by atoms with van der Waals surface area (Å²) in [6.07, 6.45) is 0. The van der Waals surface area contributed by atoms with Crippen LogP contribution in [-0.2, 0) is 0 Å². The van der Waals surface area contributed by atoms with E-state index in [9.17, 15) is 0 Å². The third kappa shape index (κ3) is 8.25. The van der Waals surface area contributed by atoms with Crippen LogP contribution in [0.3, 0.4) is 0 Å². The van der Waals surface area contributed by atoms with Crippen molar-refractivity contribution in [3.05, 3.63) is 18.2 Å². The van der Waals surface area contributed by atoms with Crippen LogP contribution in [0.25, 0.3) is 0 Å². The van der Waals surface area contributed by atoms with Crippen molar-refractivity contribution in [2.75, 3.05) is 45.2 Å². The first kappa shape index (κ1) is 29.7. The summed E-state index contributed by atoms with van der Waals surface area (Å²) < 4.78 is 14.8. The summed E-state index contributed by atoms with van der Waals surface area (Å²) in [6.45, 7) is 32.0. The molecule has 1 heterocycles. The molecule has 0 atom stereocenters. The molecule has 0 aliphatic carbocycles. The molecule has 34 heavy (non-hydrogen) atoms. The van der Waals surface area contributed by atoms with Crippen LogP contribution >= 0.6 is 16.3 Å². The lowest BCUT2D eigenvalue weighted by Crippen LogP contribution is -2.54. The Balaban J connectivity index is 2.51. The molecule has 1 aromatic carbocycles. The summed E-state index contributed by atoms with van der Waals surface area (Å²) in [5.74, 6) is 1.89. The Morgan fingerprint density at radius 3 is 1.24 bits per heavy atom. The second-order valence-electron chi connectivity index (χ2n) is 14.5. The first-order valence-corrected chi connectivity index (χ1v) is 15.3. The average Bonchev–Trinajstić information content (AvgIpc) is 2.60. The molecular formula is C28H53N2O2P2+. The van der Waals surface area contributed by atoms with Gasteiger partial charge in [-0.3, -0.25) is 0 Å². The fourth-order valence-corrected chi connectivity index (χ4v) is 10.6. The lowest BCUT2D eigenvalue weighted by Gasteiger charge is -2.42. The maximum absolute atomic E-state index is 6.87. The smallest absolute Gasteiger partial charge is 0.129 e. The Labute approximate surface area is 214 Å². The lowest BCUT2D eigenvalue weighted by molar-refractivity contribution is -0.890. The van der Waals surface area contributed by atoms with Gasteiger partial charge >= 0.3 is 0 Å². The molecule has 1 aliphatic rings. The number of piperazine rings is 1. The summed E-state index contributed by atoms with van der Waals surface area (Å²) in [7, 11) is 3.22. The second kappa shape index (κ2) is 10.1. The molecule has 0 saturated carbocycles. The van der Waals surface area contributed by atoms with Crippen LogP contribution in [0.1, 0.15) is 83.1 Å². The molecule has 2 rings (SSSR count). The molecule has 6 heteroatoms. The zero-order valence-electron chi connectivity index (χ0n) is 24.7. The Morgan fingerprint density at radius 1 is 0.618 bits per heavy atom. The van der Waals surface area contributed by atoms with E-state index in [1.165, 1.54) is 5.69 Å². The van der Waals surface area contributed by atoms with Crippen LogP contribution in [0.2, 0.25) is 0 Å². The number of nitrogens with zero attached hydrogens (tertiary/aromatic N) is 2. The highest BCUT2D eigenvalue weighted by Gasteiger charge is 2.39. The minimum atomic E-state index is -0.714. The molecule has 0 radical (unpaired) electrons. The van der Waals surface area contributed by atoms with E-state index in [-0.39, 0.29) is 20.6 Å². The van der Waals surface area contributed by atoms with E-state index in [0.29, 0.717) is 0 Å². The van der Waals surface area contributed by atoms with Gasteiger partial charge in [-0.25, -0.2) is 0 Å². The Bertz CT molecular complexity index is 737. The molecule has 0 N–H and O–H groups in total. The largest absolute Gasteiger partial charge is 0.473 e. The predicted octanol–water partition coefficient (Wildman–Crippen LogP) is 8.33. The number of hydrogen-bond donors (Lipinski definition) is 0. The van der Waals surface area contributed by atoms with Gasteiger partial charge in [0.1, 0.15) is 11.5 Å². The third-order valence-corrected chi connectivity index (χ3v) is 11.7. The number of rotatable bonds is 5. The zero-order valence-corrected chi connectivity index (χ0v) is 26.5. The maximum atomic E-state index is 6.87. The van der Waals surface area contributed by atoms with E-state index in [2.05, 4.69) is 120 Å². The van der Waals surface area contributed by atoms with Crippen LogP contribution < -0.4 is 13.9 Å². The van der Waals surface area contributed by atoms with Crippen LogP contribution in [-0.4, -0.2) is 65.4 Å². The summed E-state index contributed by atoms with van der Waals surface area (Å²) in [4.78, 5) is 2.51. The van der Waals surface area contributed by atoms with E-state index >= 15 is 0 Å². The SMILES string of the molecule is CC(C)(C)P(Oc1cc(OP(C(C)(C)C)C(C)(C)C)cc(N2CC[N+](C)(C)CC2)c1)C(C)(C)C. The lowest BCUT2D eigenvalue weighted by atomic mass is 10.2. The number of benzene rings is 1. The number of anilines is 1. The van der Waals surface area contributed by atoms with Gasteiger partial charge < -0.3 is 18.4 Å². The Morgan fingerprint density at radius 2 is 0.941 bits per heavy atom. The Kier molecular flexibility index (Phi) is 8.78. The van der Waals surface area contributed by atoms with E-state index in [1.54, 1.807) is 0 Å². The summed E-state index contributed by atoms with van der Waals surface area (Å²) >= 11 is 0. The van der Waals surface area contributed by atoms with Gasteiger partial charge in [-0.05, 0) is 0 Å². The fraction of sp³-hybridized carbons (Fsp3) is 0.786. The van der Waals surface area contributed by atoms with Gasteiger partial charge in [0.2, 0.25) is 0 Å². The third-order valence-electron chi connectivity index (χ3n) is 6.01. The van der Waals surface area contributed by atoms with E-state index in [4.69, 9.17) is 9.05 Å². The van der Waals surface area contributed by atoms with Gasteiger partial charge in [0.15, 0.2) is 0 Å². The van der Waals surface area contributed by atoms with Crippen molar-refractivity contribution in [3.63, 3.8) is 0 Å². The molecule has 1 saturated heterocycles. The fourth-order valence-electron chi connectivity index (χ4n) is 4.88. The topological polar surface area (TPSA) is 21.7 Å². The van der Waals surface area contributed by atoms with Crippen molar-refractivity contribution < 1.29 is 13.5 Å². The van der Waals surface area contributed by atoms with Crippen LogP contribution in [0, 0.1) is 0 Å². The number of hydrogen-bond acceptors (Lipinski definition) is 3. The summed E-state index contributed by atoms with van der Waals surface area (Å²) in [5.41, 5.74) is 1.22. The van der Waals surface area contributed by atoms with Crippen molar-refractivity contribution in [1.29, 1.82) is 0 Å². The first-order chi connectivity index (χ1) is 15.1. The molecule has 0 amide bonds. The minimum Gasteiger partial charge on any atom is -0.473 e. The van der Waals surface area contributed by atoms with Gasteiger partial charge in [-0.15, -0.1) is 0 Å². The molecule has 1 aliphatic heterocycles. The normalized spacial score (nSPS) is 17.9. The molecule has 4 nitrogen and oxygen atoms in total. The van der Waals surface area contributed by atoms with Crippen LogP contribution in [0.4, 0.5) is 5.69 Å². The van der Waals surface area contributed by atoms with Crippen LogP contribution in [0.5, 0.6) is 11.5 Å². The average molecular weight is 512 g/mol. The van der Waals surface area contributed by atoms with Gasteiger partial charge in [-0.2, -0.15) is 0 Å². The first-order valence-electron chi connectivity index (χ1n) is 12.8. The summed E-state index contributed by atoms with van der Waals surface area (Å²) in [6, 6.07) is 6.65. The monoisotopic (exact) mass is 511 g/mol. The van der Waals surface area contributed by atoms with Crippen molar-refractivity contribution >= 4 is 22.0 Å². The molecule has 0 aromatic heterocycles. The minimum absolute atomic E-state index is 0.0840. The molecule has 0 unspecified atom stereocenters. The quantitative estimate of drug-likeness (QED) is 0.293. The van der Waals surface area contributed by atoms with Gasteiger partial charge in [-0.1, -0.05) is 83.1 Å². The van der Waals surface area contributed by atoms with Gasteiger partial charge in [0.25, 0.3) is 0 Å². The van der Waals surface area contributed by atoms with Gasteiger partial charge in [0.05, 0.1) is 56.6 Å². The highest BCUT2D eigenvalue weighted by atomic mass is 31.1. The Hall–Kier alpha value is -0.560. The van der Waals surface area contributed by atoms with Crippen molar-refractivity contribution in [3.8, 4) is 11.5 Å². The van der Waals surface area contributed by atoms with E-state index in [0.717, 1.165) is 42.2 Å². The predicted molar refractivity (Wildman–Crippen MR) is 155 cm³/mol. The molecule has 1 fully saturated rings. The molecular weight excluding hydrogens is 458 g/mol. The number of likely N-dealkylation sites (N-methyl/N-ethyl adjacent to an activating group) is 1. The maximum Gasteiger partial charge on any atom is 0.129 e. The summed E-state index contributed by atoms with van der Waals surface area (Å²) in [5, 5.41) is 0.336. The van der Waals surface area contributed by atoms with Gasteiger partial charge in [0, 0.05) is 44.5 Å². The molecule has 0 spiro atoms. The molecule has 1 aromatic rings. The zero-order chi connectivity index (χ0) is 26.3. The van der Waals surface area contributed by atoms with Crippen LogP contribution in [0.15, 0.2) is 18.2 Å². The molecule has 196 valence electrons. The highest BCUT2D eigenvalue weighted by molar-refractivity contribution is 7.56.